The first-order valence-electron chi connectivity index (χ1n) is 9.25. The molecule has 0 unspecified atom stereocenters. The van der Waals surface area contributed by atoms with E-state index in [4.69, 9.17) is 0 Å². The first-order chi connectivity index (χ1) is 13.5. The Morgan fingerprint density at radius 2 is 1.82 bits per heavy atom. The van der Waals surface area contributed by atoms with Gasteiger partial charge in [-0.25, -0.2) is 0 Å². The van der Waals surface area contributed by atoms with Crippen molar-refractivity contribution in [2.24, 2.45) is 0 Å². The van der Waals surface area contributed by atoms with Crippen LogP contribution in [-0.2, 0) is 4.79 Å². The summed E-state index contributed by atoms with van der Waals surface area (Å²) in [5.41, 5.74) is 1.22. The molecule has 0 saturated heterocycles. The summed E-state index contributed by atoms with van der Waals surface area (Å²) in [7, 11) is 0. The van der Waals surface area contributed by atoms with Crippen LogP contribution in [-0.4, -0.2) is 15.9 Å². The summed E-state index contributed by atoms with van der Waals surface area (Å²) in [6.45, 7) is 2.01. The molecular weight excluding hydrogens is 356 g/mol. The summed E-state index contributed by atoms with van der Waals surface area (Å²) in [4.78, 5) is 23.0. The van der Waals surface area contributed by atoms with Crippen LogP contribution >= 0.6 is 0 Å². The molecule has 0 radical (unpaired) electrons. The summed E-state index contributed by atoms with van der Waals surface area (Å²) in [6.07, 6.45) is 2.04. The van der Waals surface area contributed by atoms with Crippen molar-refractivity contribution in [3.63, 3.8) is 0 Å². The number of nitrogens with zero attached hydrogens (tertiary/aromatic N) is 1. The number of rotatable bonds is 7. The second kappa shape index (κ2) is 8.52. The lowest BCUT2D eigenvalue weighted by atomic mass is 9.92. The van der Waals surface area contributed by atoms with E-state index in [1.807, 2.05) is 37.3 Å². The maximum absolute atomic E-state index is 12.5. The average Bonchev–Trinajstić information content (AvgIpc) is 2.71. The monoisotopic (exact) mass is 378 g/mol. The van der Waals surface area contributed by atoms with Gasteiger partial charge >= 0.3 is 0 Å². The number of fused-ring (bicyclic) bond motifs is 1. The Hall–Kier alpha value is -3.41. The molecule has 0 spiro atoms. The van der Waals surface area contributed by atoms with Gasteiger partial charge in [-0.05, 0) is 41.0 Å². The maximum Gasteiger partial charge on any atom is 0.269 e. The van der Waals surface area contributed by atoms with E-state index < -0.39 is 11.0 Å². The van der Waals surface area contributed by atoms with E-state index in [1.54, 1.807) is 18.2 Å². The van der Waals surface area contributed by atoms with Crippen molar-refractivity contribution in [2.75, 3.05) is 0 Å². The fourth-order valence-corrected chi connectivity index (χ4v) is 3.27. The molecule has 6 nitrogen and oxygen atoms in total. The van der Waals surface area contributed by atoms with Crippen molar-refractivity contribution in [1.82, 2.24) is 5.32 Å². The van der Waals surface area contributed by atoms with E-state index in [0.29, 0.717) is 17.5 Å². The van der Waals surface area contributed by atoms with Crippen molar-refractivity contribution in [2.45, 2.75) is 32.2 Å². The lowest BCUT2D eigenvalue weighted by molar-refractivity contribution is -0.384. The SMILES string of the molecule is CCCCC(=O)N[C@H](c1ccc([N+](=O)[O-])cc1)c1c(O)ccc2ccccc12. The molecule has 0 aliphatic heterocycles. The van der Waals surface area contributed by atoms with E-state index in [2.05, 4.69) is 5.32 Å². The Morgan fingerprint density at radius 1 is 1.11 bits per heavy atom. The molecule has 1 atom stereocenters. The van der Waals surface area contributed by atoms with Gasteiger partial charge < -0.3 is 10.4 Å². The molecule has 6 heteroatoms. The number of nitrogens with one attached hydrogen (secondary N) is 1. The predicted molar refractivity (Wildman–Crippen MR) is 108 cm³/mol. The van der Waals surface area contributed by atoms with Crippen molar-refractivity contribution < 1.29 is 14.8 Å². The Kier molecular flexibility index (Phi) is 5.89. The second-order valence-corrected chi connectivity index (χ2v) is 6.67. The Balaban J connectivity index is 2.10. The first kappa shape index (κ1) is 19.4. The molecule has 0 saturated carbocycles. The molecule has 0 heterocycles. The molecular formula is C22H22N2O4. The Morgan fingerprint density at radius 3 is 2.50 bits per heavy atom. The number of amides is 1. The number of unbranched alkanes of at least 4 members (excludes halogenated alkanes) is 1. The highest BCUT2D eigenvalue weighted by molar-refractivity contribution is 5.89. The summed E-state index contributed by atoms with van der Waals surface area (Å²) in [5.74, 6) is -0.0598. The highest BCUT2D eigenvalue weighted by Crippen LogP contribution is 2.36. The lowest BCUT2D eigenvalue weighted by Gasteiger charge is -2.22. The van der Waals surface area contributed by atoms with Crippen molar-refractivity contribution >= 4 is 22.4 Å². The van der Waals surface area contributed by atoms with Crippen LogP contribution < -0.4 is 5.32 Å². The molecule has 2 N–H and O–H groups in total. The molecule has 0 bridgehead atoms. The van der Waals surface area contributed by atoms with E-state index in [-0.39, 0.29) is 17.3 Å². The summed E-state index contributed by atoms with van der Waals surface area (Å²) in [6, 6.07) is 16.5. The van der Waals surface area contributed by atoms with Crippen LogP contribution in [0.4, 0.5) is 5.69 Å². The fourth-order valence-electron chi connectivity index (χ4n) is 3.27. The van der Waals surface area contributed by atoms with Gasteiger partial charge in [0.05, 0.1) is 11.0 Å². The molecule has 0 aromatic heterocycles. The highest BCUT2D eigenvalue weighted by Gasteiger charge is 2.23. The third kappa shape index (κ3) is 4.11. The fraction of sp³-hybridized carbons (Fsp3) is 0.227. The van der Waals surface area contributed by atoms with Crippen LogP contribution in [0.2, 0.25) is 0 Å². The van der Waals surface area contributed by atoms with Gasteiger partial charge in [0.1, 0.15) is 5.75 Å². The Labute approximate surface area is 163 Å². The van der Waals surface area contributed by atoms with Gasteiger partial charge in [-0.15, -0.1) is 0 Å². The average molecular weight is 378 g/mol. The standard InChI is InChI=1S/C22H22N2O4/c1-2-3-8-20(26)23-22(16-9-12-17(13-10-16)24(27)28)21-18-7-5-4-6-15(18)11-14-19(21)25/h4-7,9-14,22,25H,2-3,8H2,1H3,(H,23,26)/t22-/m1/s1. The summed E-state index contributed by atoms with van der Waals surface area (Å²) < 4.78 is 0. The number of non-ortho nitro benzene ring substituents is 1. The van der Waals surface area contributed by atoms with Crippen LogP contribution in [0.3, 0.4) is 0 Å². The molecule has 0 aliphatic carbocycles. The van der Waals surface area contributed by atoms with E-state index >= 15 is 0 Å². The molecule has 144 valence electrons. The van der Waals surface area contributed by atoms with Crippen LogP contribution in [0.15, 0.2) is 60.7 Å². The first-order valence-corrected chi connectivity index (χ1v) is 9.25. The molecule has 0 fully saturated rings. The van der Waals surface area contributed by atoms with Gasteiger partial charge in [0.25, 0.3) is 5.69 Å². The molecule has 0 aliphatic rings. The third-order valence-electron chi connectivity index (χ3n) is 4.74. The number of phenolic OH excluding ortho intramolecular Hbond substituents is 1. The Bertz CT molecular complexity index is 999. The van der Waals surface area contributed by atoms with Gasteiger partial charge in [0, 0.05) is 24.1 Å². The molecule has 3 aromatic carbocycles. The number of nitro benzene ring substituents is 1. The molecule has 3 aromatic rings. The van der Waals surface area contributed by atoms with E-state index in [0.717, 1.165) is 23.6 Å². The topological polar surface area (TPSA) is 92.5 Å². The van der Waals surface area contributed by atoms with Crippen LogP contribution in [0.5, 0.6) is 5.75 Å². The molecule has 1 amide bonds. The minimum atomic E-state index is -0.615. The number of nitro groups is 1. The summed E-state index contributed by atoms with van der Waals surface area (Å²) in [5, 5.41) is 26.3. The van der Waals surface area contributed by atoms with Gasteiger partial charge in [-0.2, -0.15) is 0 Å². The number of aromatic hydroxyl groups is 1. The quantitative estimate of drug-likeness (QED) is 0.454. The zero-order valence-electron chi connectivity index (χ0n) is 15.6. The normalized spacial score (nSPS) is 11.9. The van der Waals surface area contributed by atoms with E-state index in [1.165, 1.54) is 12.1 Å². The van der Waals surface area contributed by atoms with Gasteiger partial charge in [-0.1, -0.05) is 43.7 Å². The maximum atomic E-state index is 12.5. The van der Waals surface area contributed by atoms with Gasteiger partial charge in [0.2, 0.25) is 5.91 Å². The van der Waals surface area contributed by atoms with Crippen LogP contribution in [0.25, 0.3) is 10.8 Å². The zero-order valence-corrected chi connectivity index (χ0v) is 15.6. The van der Waals surface area contributed by atoms with Crippen LogP contribution in [0.1, 0.15) is 43.4 Å². The largest absolute Gasteiger partial charge is 0.508 e. The van der Waals surface area contributed by atoms with Crippen molar-refractivity contribution in [1.29, 1.82) is 0 Å². The number of benzene rings is 3. The zero-order chi connectivity index (χ0) is 20.1. The number of carbonyl (C=O) groups is 1. The minimum Gasteiger partial charge on any atom is -0.508 e. The highest BCUT2D eigenvalue weighted by atomic mass is 16.6. The molecule has 28 heavy (non-hydrogen) atoms. The van der Waals surface area contributed by atoms with Crippen LogP contribution in [0, 0.1) is 10.1 Å². The van der Waals surface area contributed by atoms with E-state index in [9.17, 15) is 20.0 Å². The van der Waals surface area contributed by atoms with Crippen molar-refractivity contribution in [3.8, 4) is 5.75 Å². The second-order valence-electron chi connectivity index (χ2n) is 6.67. The van der Waals surface area contributed by atoms with Gasteiger partial charge in [0.15, 0.2) is 0 Å². The number of carbonyl (C=O) groups excluding carboxylic acids is 1. The third-order valence-corrected chi connectivity index (χ3v) is 4.74. The number of hydrogen-bond donors (Lipinski definition) is 2. The number of hydrogen-bond acceptors (Lipinski definition) is 4. The van der Waals surface area contributed by atoms with Crippen molar-refractivity contribution in [3.05, 3.63) is 81.9 Å². The summed E-state index contributed by atoms with van der Waals surface area (Å²) >= 11 is 0. The minimum absolute atomic E-state index is 0.0260. The van der Waals surface area contributed by atoms with Gasteiger partial charge in [-0.3, -0.25) is 14.9 Å². The predicted octanol–water partition coefficient (Wildman–Crippen LogP) is 4.85. The smallest absolute Gasteiger partial charge is 0.269 e. The molecule has 3 rings (SSSR count). The lowest BCUT2D eigenvalue weighted by Crippen LogP contribution is -2.29. The number of phenols is 1.